The van der Waals surface area contributed by atoms with Crippen molar-refractivity contribution in [2.45, 2.75) is 23.3 Å². The zero-order chi connectivity index (χ0) is 17.0. The summed E-state index contributed by atoms with van der Waals surface area (Å²) in [6.45, 7) is 1.77. The van der Waals surface area contributed by atoms with Crippen LogP contribution < -0.4 is 5.56 Å². The summed E-state index contributed by atoms with van der Waals surface area (Å²) in [4.78, 5) is 11.8. The average Bonchev–Trinajstić information content (AvgIpc) is 2.51. The van der Waals surface area contributed by atoms with Gasteiger partial charge in [-0.05, 0) is 19.1 Å². The number of aryl methyl sites for hydroxylation is 2. The van der Waals surface area contributed by atoms with Crippen molar-refractivity contribution in [2.75, 3.05) is 13.9 Å². The topological polar surface area (TPSA) is 87.5 Å². The first kappa shape index (κ1) is 17.3. The molecule has 1 aromatic carbocycles. The third kappa shape index (κ3) is 3.84. The van der Waals surface area contributed by atoms with E-state index in [0.717, 1.165) is 16.3 Å². The summed E-state index contributed by atoms with van der Waals surface area (Å²) >= 11 is 0. The van der Waals surface area contributed by atoms with Crippen molar-refractivity contribution >= 4 is 9.84 Å². The van der Waals surface area contributed by atoms with Crippen molar-refractivity contribution in [1.29, 1.82) is 0 Å². The molecule has 0 saturated heterocycles. The monoisotopic (exact) mass is 338 g/mol. The summed E-state index contributed by atoms with van der Waals surface area (Å²) in [5, 5.41) is 4.00. The van der Waals surface area contributed by atoms with E-state index in [1.807, 2.05) is 6.92 Å². The molecule has 0 radical (unpaired) electrons. The summed E-state index contributed by atoms with van der Waals surface area (Å²) in [7, 11) is -0.954. The van der Waals surface area contributed by atoms with E-state index in [9.17, 15) is 13.2 Å². The first-order chi connectivity index (χ1) is 10.9. The van der Waals surface area contributed by atoms with Crippen LogP contribution in [0.2, 0.25) is 0 Å². The number of ether oxygens (including phenoxy) is 2. The standard InChI is InChI=1S/C15H18N2O5S/c1-11-4-6-12(7-5-11)23(19,20)14-8-15(18)17(2)16-13(14)9-22-10-21-3/h4-8H,9-10H2,1-3H3. The van der Waals surface area contributed by atoms with E-state index in [1.54, 1.807) is 12.1 Å². The van der Waals surface area contributed by atoms with Crippen molar-refractivity contribution in [3.8, 4) is 0 Å². The first-order valence-corrected chi connectivity index (χ1v) is 8.30. The molecule has 1 aromatic heterocycles. The minimum Gasteiger partial charge on any atom is -0.359 e. The van der Waals surface area contributed by atoms with E-state index in [2.05, 4.69) is 5.10 Å². The normalized spacial score (nSPS) is 11.6. The molecule has 0 aliphatic rings. The maximum Gasteiger partial charge on any atom is 0.267 e. The van der Waals surface area contributed by atoms with Crippen LogP contribution in [0.25, 0.3) is 0 Å². The lowest BCUT2D eigenvalue weighted by Gasteiger charge is -2.11. The van der Waals surface area contributed by atoms with E-state index in [4.69, 9.17) is 9.47 Å². The lowest BCUT2D eigenvalue weighted by Crippen LogP contribution is -2.24. The van der Waals surface area contributed by atoms with Crippen LogP contribution in [0.5, 0.6) is 0 Å². The molecule has 23 heavy (non-hydrogen) atoms. The molecule has 0 bridgehead atoms. The molecule has 0 spiro atoms. The van der Waals surface area contributed by atoms with Gasteiger partial charge in [0, 0.05) is 20.2 Å². The zero-order valence-corrected chi connectivity index (χ0v) is 14.0. The van der Waals surface area contributed by atoms with Gasteiger partial charge in [0.05, 0.1) is 11.5 Å². The molecule has 2 aromatic rings. The highest BCUT2D eigenvalue weighted by molar-refractivity contribution is 7.91. The van der Waals surface area contributed by atoms with Crippen molar-refractivity contribution in [3.05, 3.63) is 51.9 Å². The number of aromatic nitrogens is 2. The second-order valence-electron chi connectivity index (χ2n) is 4.99. The third-order valence-corrected chi connectivity index (χ3v) is 5.01. The minimum absolute atomic E-state index is 0.00542. The van der Waals surface area contributed by atoms with Gasteiger partial charge in [-0.15, -0.1) is 0 Å². The molecule has 0 atom stereocenters. The Bertz CT molecular complexity index is 841. The maximum atomic E-state index is 12.8. The Hall–Kier alpha value is -2.03. The van der Waals surface area contributed by atoms with Crippen LogP contribution in [0.4, 0.5) is 0 Å². The molecule has 2 rings (SSSR count). The summed E-state index contributed by atoms with van der Waals surface area (Å²) in [6, 6.07) is 7.46. The van der Waals surface area contributed by atoms with Gasteiger partial charge in [0.2, 0.25) is 9.84 Å². The average molecular weight is 338 g/mol. The number of hydrogen-bond donors (Lipinski definition) is 0. The Morgan fingerprint density at radius 2 is 1.87 bits per heavy atom. The Morgan fingerprint density at radius 3 is 2.48 bits per heavy atom. The molecular formula is C15H18N2O5S. The Morgan fingerprint density at radius 1 is 1.22 bits per heavy atom. The van der Waals surface area contributed by atoms with Gasteiger partial charge in [-0.3, -0.25) is 4.79 Å². The Labute approximate surface area is 134 Å². The molecular weight excluding hydrogens is 320 g/mol. The van der Waals surface area contributed by atoms with E-state index >= 15 is 0 Å². The lowest BCUT2D eigenvalue weighted by atomic mass is 10.2. The number of methoxy groups -OCH3 is 1. The lowest BCUT2D eigenvalue weighted by molar-refractivity contribution is -0.0412. The fourth-order valence-corrected chi connectivity index (χ4v) is 3.38. The fourth-order valence-electron chi connectivity index (χ4n) is 1.97. The van der Waals surface area contributed by atoms with Crippen molar-refractivity contribution in [2.24, 2.45) is 7.05 Å². The first-order valence-electron chi connectivity index (χ1n) is 6.82. The Balaban J connectivity index is 2.53. The number of sulfone groups is 1. The quantitative estimate of drug-likeness (QED) is 0.578. The fraction of sp³-hybridized carbons (Fsp3) is 0.333. The number of nitrogens with zero attached hydrogens (tertiary/aromatic N) is 2. The van der Waals surface area contributed by atoms with Gasteiger partial charge in [-0.25, -0.2) is 13.1 Å². The number of benzene rings is 1. The predicted molar refractivity (Wildman–Crippen MR) is 82.8 cm³/mol. The van der Waals surface area contributed by atoms with Crippen LogP contribution in [0.15, 0.2) is 44.9 Å². The molecule has 1 heterocycles. The van der Waals surface area contributed by atoms with Gasteiger partial charge < -0.3 is 9.47 Å². The van der Waals surface area contributed by atoms with Gasteiger partial charge >= 0.3 is 0 Å². The molecule has 0 fully saturated rings. The van der Waals surface area contributed by atoms with Crippen molar-refractivity contribution in [3.63, 3.8) is 0 Å². The largest absolute Gasteiger partial charge is 0.359 e. The molecule has 0 saturated carbocycles. The van der Waals surface area contributed by atoms with Crippen LogP contribution in [0.3, 0.4) is 0 Å². The molecule has 8 heteroatoms. The van der Waals surface area contributed by atoms with Crippen LogP contribution >= 0.6 is 0 Å². The highest BCUT2D eigenvalue weighted by Crippen LogP contribution is 2.22. The highest BCUT2D eigenvalue weighted by atomic mass is 32.2. The van der Waals surface area contributed by atoms with Gasteiger partial charge in [0.15, 0.2) is 0 Å². The van der Waals surface area contributed by atoms with Crippen molar-refractivity contribution < 1.29 is 17.9 Å². The predicted octanol–water partition coefficient (Wildman–Crippen LogP) is 1.04. The third-order valence-electron chi connectivity index (χ3n) is 3.19. The number of rotatable bonds is 6. The minimum atomic E-state index is -3.86. The SMILES string of the molecule is COCOCc1nn(C)c(=O)cc1S(=O)(=O)c1ccc(C)cc1. The van der Waals surface area contributed by atoms with E-state index in [0.29, 0.717) is 0 Å². The van der Waals surface area contributed by atoms with E-state index in [1.165, 1.54) is 26.3 Å². The molecule has 7 nitrogen and oxygen atoms in total. The van der Waals surface area contributed by atoms with Crippen molar-refractivity contribution in [1.82, 2.24) is 9.78 Å². The van der Waals surface area contributed by atoms with Crippen LogP contribution in [0.1, 0.15) is 11.3 Å². The van der Waals surface area contributed by atoms with Crippen LogP contribution in [-0.2, 0) is 33.0 Å². The molecule has 0 aliphatic carbocycles. The van der Waals surface area contributed by atoms with Crippen LogP contribution in [0, 0.1) is 6.92 Å². The summed E-state index contributed by atoms with van der Waals surface area (Å²) < 4.78 is 36.6. The van der Waals surface area contributed by atoms with Gasteiger partial charge in [-0.2, -0.15) is 5.10 Å². The van der Waals surface area contributed by atoms with Crippen LogP contribution in [-0.4, -0.2) is 32.1 Å². The summed E-state index contributed by atoms with van der Waals surface area (Å²) in [5.41, 5.74) is 0.589. The summed E-state index contributed by atoms with van der Waals surface area (Å²) in [6.07, 6.45) is 0. The van der Waals surface area contributed by atoms with Gasteiger partial charge in [0.25, 0.3) is 5.56 Å². The molecule has 0 N–H and O–H groups in total. The van der Waals surface area contributed by atoms with Gasteiger partial charge in [-0.1, -0.05) is 17.7 Å². The smallest absolute Gasteiger partial charge is 0.267 e. The Kier molecular flexibility index (Phi) is 5.30. The van der Waals surface area contributed by atoms with Gasteiger partial charge in [0.1, 0.15) is 17.4 Å². The maximum absolute atomic E-state index is 12.8. The molecule has 0 unspecified atom stereocenters. The second kappa shape index (κ2) is 7.03. The second-order valence-corrected chi connectivity index (χ2v) is 6.91. The van der Waals surface area contributed by atoms with E-state index in [-0.39, 0.29) is 28.9 Å². The highest BCUT2D eigenvalue weighted by Gasteiger charge is 2.24. The molecule has 0 aliphatic heterocycles. The van der Waals surface area contributed by atoms with E-state index < -0.39 is 15.4 Å². The molecule has 0 amide bonds. The summed E-state index contributed by atoms with van der Waals surface area (Å²) in [5.74, 6) is 0. The molecule has 124 valence electrons. The number of hydrogen-bond acceptors (Lipinski definition) is 6. The zero-order valence-electron chi connectivity index (χ0n) is 13.1.